The van der Waals surface area contributed by atoms with Gasteiger partial charge in [-0.1, -0.05) is 17.3 Å². The van der Waals surface area contributed by atoms with Gasteiger partial charge in [-0.05, 0) is 37.9 Å². The summed E-state index contributed by atoms with van der Waals surface area (Å²) in [6.45, 7) is 2.60. The van der Waals surface area contributed by atoms with Gasteiger partial charge in [0.1, 0.15) is 5.82 Å². The zero-order valence-electron chi connectivity index (χ0n) is 16.1. The minimum atomic E-state index is -0.218. The number of hydrogen-bond donors (Lipinski definition) is 1. The highest BCUT2D eigenvalue weighted by Crippen LogP contribution is 2.27. The van der Waals surface area contributed by atoms with Crippen molar-refractivity contribution in [2.24, 2.45) is 0 Å². The minimum absolute atomic E-state index is 0.218. The van der Waals surface area contributed by atoms with E-state index in [2.05, 4.69) is 30.8 Å². The monoisotopic (exact) mass is 383 g/mol. The van der Waals surface area contributed by atoms with E-state index in [4.69, 9.17) is 9.51 Å². The van der Waals surface area contributed by atoms with E-state index in [-0.39, 0.29) is 5.97 Å². The van der Waals surface area contributed by atoms with Crippen LogP contribution in [0.2, 0.25) is 0 Å². The number of imidazole rings is 1. The molecule has 1 aliphatic rings. The van der Waals surface area contributed by atoms with E-state index in [0.717, 1.165) is 42.8 Å². The highest BCUT2D eigenvalue weighted by molar-refractivity contribution is 5.74. The summed E-state index contributed by atoms with van der Waals surface area (Å²) < 4.78 is 9.95. The fraction of sp³-hybridized carbons (Fsp3) is 0.500. The average Bonchev–Trinajstić information content (AvgIpc) is 3.35. The number of para-hydroxylation sites is 2. The van der Waals surface area contributed by atoms with Gasteiger partial charge in [0, 0.05) is 25.3 Å². The smallest absolute Gasteiger partial charge is 0.305 e. The van der Waals surface area contributed by atoms with Gasteiger partial charge >= 0.3 is 5.97 Å². The van der Waals surface area contributed by atoms with E-state index >= 15 is 0 Å². The van der Waals surface area contributed by atoms with Crippen molar-refractivity contribution in [3.63, 3.8) is 0 Å². The molecule has 4 rings (SSSR count). The number of carbonyl (C=O) groups excluding carboxylic acids is 1. The third-order valence-electron chi connectivity index (χ3n) is 5.17. The van der Waals surface area contributed by atoms with Crippen molar-refractivity contribution < 1.29 is 14.1 Å². The van der Waals surface area contributed by atoms with Crippen molar-refractivity contribution in [2.45, 2.75) is 44.6 Å². The van der Waals surface area contributed by atoms with Crippen LogP contribution in [0.15, 0.2) is 28.8 Å². The van der Waals surface area contributed by atoms with Crippen LogP contribution in [0.5, 0.6) is 0 Å². The molecule has 0 radical (unpaired) electrons. The Morgan fingerprint density at radius 2 is 2.25 bits per heavy atom. The Morgan fingerprint density at radius 3 is 3.11 bits per heavy atom. The predicted molar refractivity (Wildman–Crippen MR) is 103 cm³/mol. The molecular formula is C20H25N5O3. The van der Waals surface area contributed by atoms with Gasteiger partial charge in [0.15, 0.2) is 5.82 Å². The second-order valence-electron chi connectivity index (χ2n) is 7.25. The summed E-state index contributed by atoms with van der Waals surface area (Å²) in [5.41, 5.74) is 2.11. The van der Waals surface area contributed by atoms with Crippen LogP contribution in [0, 0.1) is 0 Å². The first-order valence-corrected chi connectivity index (χ1v) is 9.76. The quantitative estimate of drug-likeness (QED) is 0.627. The van der Waals surface area contributed by atoms with Crippen molar-refractivity contribution in [3.8, 4) is 0 Å². The number of H-pyrrole nitrogens is 1. The molecule has 0 saturated carbocycles. The molecule has 1 unspecified atom stereocenters. The maximum atomic E-state index is 11.2. The van der Waals surface area contributed by atoms with E-state index in [1.54, 1.807) is 0 Å². The molecule has 1 atom stereocenters. The molecule has 3 heterocycles. The Morgan fingerprint density at radius 1 is 1.36 bits per heavy atom. The van der Waals surface area contributed by atoms with Gasteiger partial charge in [-0.25, -0.2) is 4.98 Å². The first kappa shape index (κ1) is 18.6. The number of ether oxygens (including phenoxy) is 1. The Kier molecular flexibility index (Phi) is 5.66. The summed E-state index contributed by atoms with van der Waals surface area (Å²) in [6.07, 6.45) is 3.84. The number of fused-ring (bicyclic) bond motifs is 1. The van der Waals surface area contributed by atoms with Crippen molar-refractivity contribution in [1.82, 2.24) is 25.0 Å². The lowest BCUT2D eigenvalue weighted by Crippen LogP contribution is -2.34. The molecule has 1 aromatic carbocycles. The summed E-state index contributed by atoms with van der Waals surface area (Å²) in [6, 6.07) is 8.14. The highest BCUT2D eigenvalue weighted by atomic mass is 16.5. The molecule has 28 heavy (non-hydrogen) atoms. The molecule has 1 aliphatic heterocycles. The molecule has 0 aliphatic carbocycles. The summed E-state index contributed by atoms with van der Waals surface area (Å²) in [5, 5.41) is 4.09. The van der Waals surface area contributed by atoms with Gasteiger partial charge in [0.25, 0.3) is 0 Å². The number of methoxy groups -OCH3 is 1. The zero-order valence-corrected chi connectivity index (χ0v) is 16.1. The second kappa shape index (κ2) is 8.52. The lowest BCUT2D eigenvalue weighted by atomic mass is 9.97. The van der Waals surface area contributed by atoms with Crippen LogP contribution in [0.3, 0.4) is 0 Å². The van der Waals surface area contributed by atoms with E-state index in [0.29, 0.717) is 43.4 Å². The lowest BCUT2D eigenvalue weighted by molar-refractivity contribution is -0.140. The maximum Gasteiger partial charge on any atom is 0.305 e. The van der Waals surface area contributed by atoms with Crippen LogP contribution < -0.4 is 0 Å². The topological polar surface area (TPSA) is 97.1 Å². The van der Waals surface area contributed by atoms with Gasteiger partial charge < -0.3 is 14.2 Å². The number of esters is 1. The van der Waals surface area contributed by atoms with Gasteiger partial charge in [0.05, 0.1) is 24.7 Å². The number of nitrogens with one attached hydrogen (secondary N) is 1. The number of aryl methyl sites for hydroxylation is 1. The van der Waals surface area contributed by atoms with Crippen LogP contribution >= 0.6 is 0 Å². The summed E-state index contributed by atoms with van der Waals surface area (Å²) in [4.78, 5) is 26.2. The largest absolute Gasteiger partial charge is 0.469 e. The molecule has 0 bridgehead atoms. The third-order valence-corrected chi connectivity index (χ3v) is 5.17. The molecule has 1 fully saturated rings. The number of piperidine rings is 1. The molecule has 0 spiro atoms. The van der Waals surface area contributed by atoms with Gasteiger partial charge in [-0.3, -0.25) is 9.69 Å². The molecule has 1 saturated heterocycles. The van der Waals surface area contributed by atoms with E-state index < -0.39 is 0 Å². The van der Waals surface area contributed by atoms with Gasteiger partial charge in [0.2, 0.25) is 5.89 Å². The van der Waals surface area contributed by atoms with Crippen molar-refractivity contribution in [3.05, 3.63) is 41.8 Å². The van der Waals surface area contributed by atoms with Crippen molar-refractivity contribution in [2.75, 3.05) is 20.2 Å². The average molecular weight is 383 g/mol. The van der Waals surface area contributed by atoms with Crippen LogP contribution in [-0.4, -0.2) is 51.2 Å². The number of likely N-dealkylation sites (tertiary alicyclic amines) is 1. The number of nitrogens with zero attached hydrogens (tertiary/aromatic N) is 4. The van der Waals surface area contributed by atoms with Gasteiger partial charge in [-0.2, -0.15) is 4.98 Å². The molecular weight excluding hydrogens is 358 g/mol. The summed E-state index contributed by atoms with van der Waals surface area (Å²) in [7, 11) is 1.39. The number of hydrogen-bond acceptors (Lipinski definition) is 7. The fourth-order valence-corrected chi connectivity index (χ4v) is 3.73. The second-order valence-corrected chi connectivity index (χ2v) is 7.25. The molecule has 0 amide bonds. The van der Waals surface area contributed by atoms with Crippen LogP contribution in [0.25, 0.3) is 11.0 Å². The van der Waals surface area contributed by atoms with E-state index in [9.17, 15) is 4.79 Å². The van der Waals surface area contributed by atoms with Crippen LogP contribution in [0.1, 0.15) is 49.1 Å². The zero-order chi connectivity index (χ0) is 19.3. The number of aromatic nitrogens is 4. The van der Waals surface area contributed by atoms with Gasteiger partial charge in [-0.15, -0.1) is 0 Å². The minimum Gasteiger partial charge on any atom is -0.469 e. The van der Waals surface area contributed by atoms with Crippen molar-refractivity contribution in [1.29, 1.82) is 0 Å². The molecule has 148 valence electrons. The Balaban J connectivity index is 1.33. The Labute approximate surface area is 163 Å². The van der Waals surface area contributed by atoms with Crippen LogP contribution in [0.4, 0.5) is 0 Å². The number of carbonyl (C=O) groups is 1. The number of benzene rings is 1. The molecule has 3 aromatic rings. The fourth-order valence-electron chi connectivity index (χ4n) is 3.73. The molecule has 8 heteroatoms. The number of rotatable bonds is 7. The lowest BCUT2D eigenvalue weighted by Gasteiger charge is -2.30. The SMILES string of the molecule is COC(=O)CCCc1nc(CN2CCCC(c3nc4ccccc4[nH]3)C2)no1. The van der Waals surface area contributed by atoms with Crippen LogP contribution in [-0.2, 0) is 22.5 Å². The molecule has 2 aromatic heterocycles. The molecule has 1 N–H and O–H groups in total. The standard InChI is InChI=1S/C20H25N5O3/c1-27-19(26)10-4-9-18-23-17(24-28-18)13-25-11-5-6-14(12-25)20-21-15-7-2-3-8-16(15)22-20/h2-3,7-8,14H,4-6,9-13H2,1H3,(H,21,22). The summed E-state index contributed by atoms with van der Waals surface area (Å²) in [5.74, 6) is 2.49. The first-order chi connectivity index (χ1) is 13.7. The molecule has 8 nitrogen and oxygen atoms in total. The van der Waals surface area contributed by atoms with E-state index in [1.165, 1.54) is 7.11 Å². The number of aromatic amines is 1. The Bertz CT molecular complexity index is 902. The maximum absolute atomic E-state index is 11.2. The predicted octanol–water partition coefficient (Wildman–Crippen LogP) is 2.82. The van der Waals surface area contributed by atoms with Crippen molar-refractivity contribution >= 4 is 17.0 Å². The third kappa shape index (κ3) is 4.39. The van der Waals surface area contributed by atoms with E-state index in [1.807, 2.05) is 18.2 Å². The highest BCUT2D eigenvalue weighted by Gasteiger charge is 2.25. The first-order valence-electron chi connectivity index (χ1n) is 9.76. The summed E-state index contributed by atoms with van der Waals surface area (Å²) >= 11 is 0. The normalized spacial score (nSPS) is 17.8. The Hall–Kier alpha value is -2.74.